The van der Waals surface area contributed by atoms with Gasteiger partial charge >= 0.3 is 23.4 Å². The Labute approximate surface area is 216 Å². The summed E-state index contributed by atoms with van der Waals surface area (Å²) in [5, 5.41) is 11.0. The summed E-state index contributed by atoms with van der Waals surface area (Å²) >= 11 is -2.17. The highest BCUT2D eigenvalue weighted by atomic mass is 32.2. The number of halogens is 3. The van der Waals surface area contributed by atoms with Crippen LogP contribution in [0, 0.1) is 5.41 Å². The second-order valence-electron chi connectivity index (χ2n) is 10.4. The van der Waals surface area contributed by atoms with E-state index in [0.29, 0.717) is 23.9 Å². The molecule has 2 N–H and O–H groups in total. The van der Waals surface area contributed by atoms with Crippen molar-refractivity contribution in [1.82, 2.24) is 4.98 Å². The van der Waals surface area contributed by atoms with Gasteiger partial charge in [-0.3, -0.25) is 4.72 Å². The van der Waals surface area contributed by atoms with Crippen molar-refractivity contribution in [1.29, 1.82) is 0 Å². The van der Waals surface area contributed by atoms with Crippen LogP contribution >= 0.6 is 0 Å². The Morgan fingerprint density at radius 1 is 1.24 bits per heavy atom. The van der Waals surface area contributed by atoms with Crippen LogP contribution in [0.1, 0.15) is 70.9 Å². The van der Waals surface area contributed by atoms with E-state index >= 15 is 0 Å². The van der Waals surface area contributed by atoms with Crippen molar-refractivity contribution in [3.63, 3.8) is 0 Å². The van der Waals surface area contributed by atoms with Crippen LogP contribution < -0.4 is 8.91 Å². The number of aromatic nitrogens is 1. The largest absolute Gasteiger partial charge is 0.512 e. The third-order valence-electron chi connectivity index (χ3n) is 5.99. The van der Waals surface area contributed by atoms with E-state index in [1.165, 1.54) is 0 Å². The number of nitrogens with zero attached hydrogens (tertiary/aromatic N) is 1. The zero-order chi connectivity index (χ0) is 27.6. The number of hydrogen-bond acceptors (Lipinski definition) is 6. The molecule has 37 heavy (non-hydrogen) atoms. The van der Waals surface area contributed by atoms with Crippen molar-refractivity contribution in [3.05, 3.63) is 65.1 Å². The fraction of sp³-hybridized carbons (Fsp3) is 0.462. The Morgan fingerprint density at radius 2 is 1.95 bits per heavy atom. The fourth-order valence-electron chi connectivity index (χ4n) is 4.51. The Kier molecular flexibility index (Phi) is 8.26. The zero-order valence-corrected chi connectivity index (χ0v) is 22.1. The van der Waals surface area contributed by atoms with E-state index in [1.54, 1.807) is 31.2 Å². The first-order chi connectivity index (χ1) is 17.1. The van der Waals surface area contributed by atoms with Gasteiger partial charge in [-0.1, -0.05) is 46.2 Å². The molecule has 2 aromatic rings. The molecule has 0 spiro atoms. The lowest BCUT2D eigenvalue weighted by Crippen LogP contribution is -2.40. The monoisotopic (exact) mass is 540 g/mol. The maximum Gasteiger partial charge on any atom is 0.417 e. The van der Waals surface area contributed by atoms with Gasteiger partial charge in [-0.15, -0.1) is 0 Å². The van der Waals surface area contributed by atoms with Gasteiger partial charge < -0.3 is 14.0 Å². The topological polar surface area (TPSA) is 97.8 Å². The van der Waals surface area contributed by atoms with Crippen molar-refractivity contribution in [3.8, 4) is 5.88 Å². The van der Waals surface area contributed by atoms with Gasteiger partial charge in [0.15, 0.2) is 0 Å². The molecule has 2 heterocycles. The molecule has 3 atom stereocenters. The first-order valence-electron chi connectivity index (χ1n) is 11.8. The van der Waals surface area contributed by atoms with Gasteiger partial charge in [0.25, 0.3) is 0 Å². The van der Waals surface area contributed by atoms with Gasteiger partial charge in [0.1, 0.15) is 11.4 Å². The number of cyclic esters (lactones) is 1. The molecule has 0 fully saturated rings. The van der Waals surface area contributed by atoms with Crippen molar-refractivity contribution >= 4 is 22.9 Å². The summed E-state index contributed by atoms with van der Waals surface area (Å²) in [6.45, 7) is 9.58. The van der Waals surface area contributed by atoms with E-state index in [4.69, 9.17) is 8.92 Å². The highest BCUT2D eigenvalue weighted by Gasteiger charge is 2.44. The van der Waals surface area contributed by atoms with Crippen LogP contribution in [0.2, 0.25) is 0 Å². The van der Waals surface area contributed by atoms with E-state index in [2.05, 4.69) is 9.71 Å². The molecule has 7 nitrogen and oxygen atoms in total. The number of anilines is 1. The maximum atomic E-state index is 13.1. The van der Waals surface area contributed by atoms with Gasteiger partial charge in [0.2, 0.25) is 5.88 Å². The number of rotatable bonds is 8. The number of pyridine rings is 1. The molecule has 11 heteroatoms. The molecule has 0 saturated carbocycles. The maximum absolute atomic E-state index is 13.1. The van der Waals surface area contributed by atoms with Gasteiger partial charge in [0.05, 0.1) is 11.1 Å². The predicted octanol–water partition coefficient (Wildman–Crippen LogP) is 6.62. The molecular weight excluding hydrogens is 509 g/mol. The van der Waals surface area contributed by atoms with Crippen LogP contribution in [-0.4, -0.2) is 25.9 Å². The normalized spacial score (nSPS) is 20.3. The molecule has 1 aromatic carbocycles. The minimum atomic E-state index is -4.55. The van der Waals surface area contributed by atoms with Crippen LogP contribution in [-0.2, 0) is 27.0 Å². The Balaban J connectivity index is 1.84. The minimum Gasteiger partial charge on any atom is -0.512 e. The Morgan fingerprint density at radius 3 is 2.49 bits per heavy atom. The van der Waals surface area contributed by atoms with Crippen LogP contribution in [0.5, 0.6) is 5.88 Å². The van der Waals surface area contributed by atoms with Crippen molar-refractivity contribution in [2.24, 2.45) is 5.41 Å². The summed E-state index contributed by atoms with van der Waals surface area (Å²) in [5.41, 5.74) is -1.000. The second-order valence-corrected chi connectivity index (χ2v) is 11.2. The van der Waals surface area contributed by atoms with E-state index in [1.807, 2.05) is 27.7 Å². The number of aliphatic hydroxyl groups excluding tert-OH is 1. The SMILES string of the molecule is CCCC1(C)CC(O)=C([C@H](c2cccc(NS(=O)Oc3ccc(C(F)(F)F)cn3)c2)C(C)(C)C)C(=O)O1. The molecule has 0 aliphatic carbocycles. The minimum absolute atomic E-state index is 0.00854. The Hall–Kier alpha value is -3.08. The molecule has 1 aliphatic rings. The van der Waals surface area contributed by atoms with Crippen LogP contribution in [0.25, 0.3) is 0 Å². The van der Waals surface area contributed by atoms with Crippen molar-refractivity contribution in [2.45, 2.75) is 71.6 Å². The number of nitrogens with one attached hydrogen (secondary N) is 1. The molecule has 0 bridgehead atoms. The number of aliphatic hydroxyl groups is 1. The van der Waals surface area contributed by atoms with Crippen molar-refractivity contribution in [2.75, 3.05) is 4.72 Å². The first kappa shape index (κ1) is 28.5. The average Bonchev–Trinajstić information content (AvgIpc) is 2.75. The van der Waals surface area contributed by atoms with Gasteiger partial charge in [-0.25, -0.2) is 9.78 Å². The standard InChI is InChI=1S/C26H31F3N2O5S/c1-6-12-25(5)14-19(32)21(23(33)35-25)22(24(2,3)4)16-8-7-9-18(13-16)31-37(34)36-20-11-10-17(15-30-20)26(27,28)29/h7-11,13,15,22,31-32H,6,12,14H2,1-5H3/t22-,25?,37?/m0/s1. The van der Waals surface area contributed by atoms with Crippen LogP contribution in [0.4, 0.5) is 18.9 Å². The number of benzene rings is 1. The highest BCUT2D eigenvalue weighted by Crippen LogP contribution is 2.46. The molecule has 1 aliphatic heterocycles. The molecule has 3 rings (SSSR count). The summed E-state index contributed by atoms with van der Waals surface area (Å²) in [6.07, 6.45) is -2.32. The molecule has 202 valence electrons. The molecule has 2 unspecified atom stereocenters. The summed E-state index contributed by atoms with van der Waals surface area (Å²) in [5.74, 6) is -1.37. The number of hydrogen-bond donors (Lipinski definition) is 2. The zero-order valence-electron chi connectivity index (χ0n) is 21.3. The highest BCUT2D eigenvalue weighted by molar-refractivity contribution is 7.81. The van der Waals surface area contributed by atoms with Crippen LogP contribution in [0.15, 0.2) is 53.9 Å². The fourth-order valence-corrected chi connectivity index (χ4v) is 5.12. The van der Waals surface area contributed by atoms with E-state index in [-0.39, 0.29) is 23.6 Å². The predicted molar refractivity (Wildman–Crippen MR) is 134 cm³/mol. The van der Waals surface area contributed by atoms with Crippen LogP contribution in [0.3, 0.4) is 0 Å². The summed E-state index contributed by atoms with van der Waals surface area (Å²) in [6, 6.07) is 8.53. The lowest BCUT2D eigenvalue weighted by atomic mass is 9.70. The van der Waals surface area contributed by atoms with Gasteiger partial charge in [-0.2, -0.15) is 17.4 Å². The number of ether oxygens (including phenoxy) is 1. The summed E-state index contributed by atoms with van der Waals surface area (Å²) < 4.78 is 64.1. The van der Waals surface area contributed by atoms with Gasteiger partial charge in [-0.05, 0) is 42.5 Å². The molecule has 0 radical (unpaired) electrons. The van der Waals surface area contributed by atoms with Crippen molar-refractivity contribution < 1.29 is 36.2 Å². The lowest BCUT2D eigenvalue weighted by Gasteiger charge is -2.39. The summed E-state index contributed by atoms with van der Waals surface area (Å²) in [7, 11) is 0. The molecule has 0 amide bonds. The molecular formula is C26H31F3N2O5S. The lowest BCUT2D eigenvalue weighted by molar-refractivity contribution is -0.158. The number of carbonyl (C=O) groups excluding carboxylic acids is 1. The van der Waals surface area contributed by atoms with E-state index in [9.17, 15) is 27.3 Å². The second kappa shape index (κ2) is 10.7. The quantitative estimate of drug-likeness (QED) is 0.365. The first-order valence-corrected chi connectivity index (χ1v) is 12.9. The number of alkyl halides is 3. The third-order valence-corrected chi connectivity index (χ3v) is 6.72. The Bertz CT molecular complexity index is 1190. The smallest absolute Gasteiger partial charge is 0.417 e. The van der Waals surface area contributed by atoms with E-state index < -0.39 is 45.9 Å². The molecule has 0 saturated heterocycles. The third kappa shape index (κ3) is 7.03. The van der Waals surface area contributed by atoms with E-state index in [0.717, 1.165) is 18.6 Å². The summed E-state index contributed by atoms with van der Waals surface area (Å²) in [4.78, 5) is 16.7. The van der Waals surface area contributed by atoms with Gasteiger partial charge in [0, 0.05) is 30.3 Å². The molecule has 1 aromatic heterocycles. The number of esters is 1. The number of carbonyl (C=O) groups is 1. The average molecular weight is 541 g/mol.